The summed E-state index contributed by atoms with van der Waals surface area (Å²) >= 11 is 0. The van der Waals surface area contributed by atoms with Crippen LogP contribution in [-0.4, -0.2) is 24.4 Å². The summed E-state index contributed by atoms with van der Waals surface area (Å²) in [6.45, 7) is 2.34. The number of amides is 1. The van der Waals surface area contributed by atoms with Crippen LogP contribution in [0.2, 0.25) is 0 Å². The summed E-state index contributed by atoms with van der Waals surface area (Å²) in [5.41, 5.74) is 6.30. The Balaban J connectivity index is 1.36. The fourth-order valence-electron chi connectivity index (χ4n) is 3.66. The molecule has 29 heavy (non-hydrogen) atoms. The number of aryl methyl sites for hydroxylation is 1. The Labute approximate surface area is 170 Å². The SMILES string of the molecule is Cc1ccc(O)c(C#CCNC(=O)OCC2c3ccccc3-c3ccccc32)c1. The van der Waals surface area contributed by atoms with Gasteiger partial charge in [0.15, 0.2) is 0 Å². The highest BCUT2D eigenvalue weighted by molar-refractivity contribution is 5.79. The predicted molar refractivity (Wildman–Crippen MR) is 113 cm³/mol. The van der Waals surface area contributed by atoms with Gasteiger partial charge in [0.05, 0.1) is 12.1 Å². The molecule has 0 bridgehead atoms. The van der Waals surface area contributed by atoms with Crippen LogP contribution in [0.3, 0.4) is 0 Å². The van der Waals surface area contributed by atoms with Crippen LogP contribution >= 0.6 is 0 Å². The fourth-order valence-corrected chi connectivity index (χ4v) is 3.66. The molecule has 0 saturated carbocycles. The van der Waals surface area contributed by atoms with Crippen LogP contribution < -0.4 is 5.32 Å². The summed E-state index contributed by atoms with van der Waals surface area (Å²) < 4.78 is 5.47. The molecular formula is C25H21NO3. The molecule has 4 nitrogen and oxygen atoms in total. The lowest BCUT2D eigenvalue weighted by Gasteiger charge is -2.14. The second kappa shape index (κ2) is 8.12. The van der Waals surface area contributed by atoms with Gasteiger partial charge in [-0.25, -0.2) is 4.79 Å². The van der Waals surface area contributed by atoms with E-state index >= 15 is 0 Å². The normalized spacial score (nSPS) is 11.8. The van der Waals surface area contributed by atoms with Crippen LogP contribution in [0.4, 0.5) is 4.79 Å². The van der Waals surface area contributed by atoms with Crippen molar-refractivity contribution in [2.24, 2.45) is 0 Å². The topological polar surface area (TPSA) is 58.6 Å². The molecule has 0 aromatic heterocycles. The van der Waals surface area contributed by atoms with E-state index in [9.17, 15) is 9.90 Å². The van der Waals surface area contributed by atoms with Crippen LogP contribution in [0.1, 0.15) is 28.2 Å². The van der Waals surface area contributed by atoms with Crippen molar-refractivity contribution in [2.45, 2.75) is 12.8 Å². The molecule has 144 valence electrons. The number of ether oxygens (including phenoxy) is 1. The van der Waals surface area contributed by atoms with Gasteiger partial charge in [0.25, 0.3) is 0 Å². The lowest BCUT2D eigenvalue weighted by molar-refractivity contribution is 0.144. The summed E-state index contributed by atoms with van der Waals surface area (Å²) in [5.74, 6) is 5.86. The van der Waals surface area contributed by atoms with Gasteiger partial charge < -0.3 is 15.2 Å². The number of fused-ring (bicyclic) bond motifs is 3. The second-order valence-corrected chi connectivity index (χ2v) is 7.00. The Hall–Kier alpha value is -3.71. The smallest absolute Gasteiger partial charge is 0.407 e. The van der Waals surface area contributed by atoms with Gasteiger partial charge in [0, 0.05) is 5.92 Å². The molecule has 1 aliphatic rings. The van der Waals surface area contributed by atoms with E-state index in [1.165, 1.54) is 22.3 Å². The highest BCUT2D eigenvalue weighted by Crippen LogP contribution is 2.44. The van der Waals surface area contributed by atoms with E-state index in [0.717, 1.165) is 5.56 Å². The molecule has 0 radical (unpaired) electrons. The van der Waals surface area contributed by atoms with Crippen LogP contribution in [0, 0.1) is 18.8 Å². The zero-order chi connectivity index (χ0) is 20.2. The first-order valence-electron chi connectivity index (χ1n) is 9.51. The van der Waals surface area contributed by atoms with Crippen LogP contribution in [-0.2, 0) is 4.74 Å². The van der Waals surface area contributed by atoms with Gasteiger partial charge in [0.1, 0.15) is 12.4 Å². The van der Waals surface area contributed by atoms with Crippen LogP contribution in [0.15, 0.2) is 66.7 Å². The van der Waals surface area contributed by atoms with E-state index in [4.69, 9.17) is 4.74 Å². The molecule has 0 atom stereocenters. The number of rotatable bonds is 3. The van der Waals surface area contributed by atoms with Crippen molar-refractivity contribution in [3.63, 3.8) is 0 Å². The molecule has 1 aliphatic carbocycles. The summed E-state index contributed by atoms with van der Waals surface area (Å²) in [6.07, 6.45) is -0.505. The average molecular weight is 383 g/mol. The number of hydrogen-bond donors (Lipinski definition) is 2. The van der Waals surface area contributed by atoms with Gasteiger partial charge in [-0.3, -0.25) is 0 Å². The average Bonchev–Trinajstić information content (AvgIpc) is 3.06. The zero-order valence-corrected chi connectivity index (χ0v) is 16.1. The summed E-state index contributed by atoms with van der Waals surface area (Å²) in [5, 5.41) is 12.4. The van der Waals surface area contributed by atoms with Gasteiger partial charge in [-0.05, 0) is 46.9 Å². The van der Waals surface area contributed by atoms with E-state index in [1.807, 2.05) is 37.3 Å². The minimum atomic E-state index is -0.505. The van der Waals surface area contributed by atoms with Crippen molar-refractivity contribution in [2.75, 3.05) is 13.2 Å². The number of benzene rings is 3. The lowest BCUT2D eigenvalue weighted by Crippen LogP contribution is -2.26. The Morgan fingerprint density at radius 2 is 1.69 bits per heavy atom. The Morgan fingerprint density at radius 3 is 2.38 bits per heavy atom. The maximum absolute atomic E-state index is 12.1. The molecule has 2 N–H and O–H groups in total. The summed E-state index contributed by atoms with van der Waals surface area (Å²) in [6, 6.07) is 21.7. The van der Waals surface area contributed by atoms with E-state index < -0.39 is 6.09 Å². The third-order valence-corrected chi connectivity index (χ3v) is 5.04. The maximum atomic E-state index is 12.1. The largest absolute Gasteiger partial charge is 0.507 e. The van der Waals surface area contributed by atoms with E-state index in [-0.39, 0.29) is 24.8 Å². The third kappa shape index (κ3) is 3.95. The highest BCUT2D eigenvalue weighted by atomic mass is 16.5. The monoisotopic (exact) mass is 383 g/mol. The quantitative estimate of drug-likeness (QED) is 0.651. The predicted octanol–water partition coefficient (Wildman–Crippen LogP) is 4.59. The van der Waals surface area contributed by atoms with Crippen LogP contribution in [0.25, 0.3) is 11.1 Å². The number of alkyl carbamates (subject to hydrolysis) is 1. The molecule has 3 aromatic rings. The van der Waals surface area contributed by atoms with E-state index in [2.05, 4.69) is 41.4 Å². The standard InChI is InChI=1S/C25H21NO3/c1-17-12-13-24(27)18(15-17)7-6-14-26-25(28)29-16-23-21-10-4-2-8-19(21)20-9-3-5-11-22(20)23/h2-5,8-13,15,23,27H,14,16H2,1H3,(H,26,28). The molecule has 0 aliphatic heterocycles. The molecule has 0 spiro atoms. The fraction of sp³-hybridized carbons (Fsp3) is 0.160. The Morgan fingerprint density at radius 1 is 1.03 bits per heavy atom. The van der Waals surface area contributed by atoms with E-state index in [1.54, 1.807) is 12.1 Å². The number of phenolic OH excluding ortho intramolecular Hbond substituents is 1. The van der Waals surface area contributed by atoms with Crippen LogP contribution in [0.5, 0.6) is 5.75 Å². The van der Waals surface area contributed by atoms with Crippen molar-refractivity contribution in [1.29, 1.82) is 0 Å². The molecule has 4 heteroatoms. The second-order valence-electron chi connectivity index (χ2n) is 7.00. The number of carbonyl (C=O) groups excluding carboxylic acids is 1. The first-order valence-corrected chi connectivity index (χ1v) is 9.51. The molecule has 4 rings (SSSR count). The maximum Gasteiger partial charge on any atom is 0.407 e. The minimum absolute atomic E-state index is 0.0310. The van der Waals surface area contributed by atoms with Crippen molar-refractivity contribution < 1.29 is 14.6 Å². The number of nitrogens with one attached hydrogen (secondary N) is 1. The van der Waals surface area contributed by atoms with E-state index in [0.29, 0.717) is 5.56 Å². The molecule has 0 saturated heterocycles. The molecule has 0 fully saturated rings. The minimum Gasteiger partial charge on any atom is -0.507 e. The first kappa shape index (κ1) is 18.6. The van der Waals surface area contributed by atoms with Gasteiger partial charge in [-0.2, -0.15) is 0 Å². The molecule has 0 unspecified atom stereocenters. The third-order valence-electron chi connectivity index (χ3n) is 5.04. The number of hydrogen-bond acceptors (Lipinski definition) is 3. The number of aromatic hydroxyl groups is 1. The summed E-state index contributed by atoms with van der Waals surface area (Å²) in [4.78, 5) is 12.1. The van der Waals surface area contributed by atoms with Gasteiger partial charge in [-0.15, -0.1) is 0 Å². The van der Waals surface area contributed by atoms with Crippen molar-refractivity contribution in [1.82, 2.24) is 5.32 Å². The molecule has 0 heterocycles. The first-order chi connectivity index (χ1) is 14.1. The van der Waals surface area contributed by atoms with Gasteiger partial charge >= 0.3 is 6.09 Å². The highest BCUT2D eigenvalue weighted by Gasteiger charge is 2.28. The Bertz CT molecular complexity index is 1080. The number of carbonyl (C=O) groups is 1. The summed E-state index contributed by atoms with van der Waals surface area (Å²) in [7, 11) is 0. The number of phenols is 1. The van der Waals surface area contributed by atoms with Gasteiger partial charge in [-0.1, -0.05) is 66.4 Å². The lowest BCUT2D eigenvalue weighted by atomic mass is 9.98. The van der Waals surface area contributed by atoms with Crippen molar-refractivity contribution >= 4 is 6.09 Å². The van der Waals surface area contributed by atoms with Crippen molar-refractivity contribution in [3.8, 4) is 28.7 Å². The molecule has 1 amide bonds. The molecule has 3 aromatic carbocycles. The Kier molecular flexibility index (Phi) is 5.22. The van der Waals surface area contributed by atoms with Gasteiger partial charge in [0.2, 0.25) is 0 Å². The van der Waals surface area contributed by atoms with Crippen molar-refractivity contribution in [3.05, 3.63) is 89.0 Å². The molecular weight excluding hydrogens is 362 g/mol. The zero-order valence-electron chi connectivity index (χ0n) is 16.1.